The Kier molecular flexibility index (Phi) is 5.64. The second-order valence-electron chi connectivity index (χ2n) is 6.64. The minimum atomic E-state index is -4.02. The molecule has 0 bridgehead atoms. The molecule has 0 aliphatic rings. The van der Waals surface area contributed by atoms with Gasteiger partial charge in [0.1, 0.15) is 0 Å². The molecule has 0 aliphatic carbocycles. The third-order valence-electron chi connectivity index (χ3n) is 5.19. The Labute approximate surface area is 176 Å². The zero-order valence-corrected chi connectivity index (χ0v) is 18.1. The molecule has 0 fully saturated rings. The van der Waals surface area contributed by atoms with Crippen LogP contribution in [0.5, 0.6) is 0 Å². The van der Waals surface area contributed by atoms with Crippen LogP contribution >= 0.6 is 6.83 Å². The average molecular weight is 467 g/mol. The van der Waals surface area contributed by atoms with Crippen LogP contribution in [0, 0.1) is 14.8 Å². The number of rotatable bonds is 6. The Hall–Kier alpha value is -2.33. The van der Waals surface area contributed by atoms with Gasteiger partial charge in [-0.1, -0.05) is 0 Å². The van der Waals surface area contributed by atoms with E-state index in [0.29, 0.717) is 0 Å². The first kappa shape index (κ1) is 20.0. The molecular formula is C24H20BrO3P. The molecule has 0 radical (unpaired) electrons. The molecule has 0 atom stereocenters. The molecule has 3 nitrogen and oxygen atoms in total. The zero-order chi connectivity index (χ0) is 20.2. The molecule has 0 N–H and O–H groups in total. The van der Waals surface area contributed by atoms with Crippen molar-refractivity contribution in [2.24, 2.45) is 0 Å². The van der Waals surface area contributed by atoms with Gasteiger partial charge in [-0.2, -0.15) is 0 Å². The number of benzene rings is 4. The predicted octanol–water partition coefficient (Wildman–Crippen LogP) is 1.86. The predicted molar refractivity (Wildman–Crippen MR) is 112 cm³/mol. The van der Waals surface area contributed by atoms with Gasteiger partial charge in [-0.05, 0) is 0 Å². The molecule has 0 unspecified atom stereocenters. The third-order valence-corrected chi connectivity index (χ3v) is 13.2. The number of hydrogen-bond acceptors (Lipinski definition) is 3. The first-order valence-electron chi connectivity index (χ1n) is 9.18. The van der Waals surface area contributed by atoms with E-state index in [9.17, 15) is 8.40 Å². The van der Waals surface area contributed by atoms with Crippen LogP contribution in [0.25, 0.3) is 0 Å². The van der Waals surface area contributed by atoms with Gasteiger partial charge in [-0.25, -0.2) is 0 Å². The Morgan fingerprint density at radius 3 is 0.897 bits per heavy atom. The molecule has 4 aromatic carbocycles. The minimum absolute atomic E-state index is 0.844. The summed E-state index contributed by atoms with van der Waals surface area (Å²) in [6.45, 7) is -4.02. The molecular weight excluding hydrogens is 447 g/mol. The van der Waals surface area contributed by atoms with E-state index in [1.54, 1.807) is 0 Å². The maximum absolute atomic E-state index is 12.4. The molecule has 146 valence electrons. The molecule has 0 saturated heterocycles. The fourth-order valence-corrected chi connectivity index (χ4v) is 12.7. The van der Waals surface area contributed by atoms with Gasteiger partial charge in [0, 0.05) is 0 Å². The summed E-state index contributed by atoms with van der Waals surface area (Å²) in [5.74, 6) is 0. The van der Waals surface area contributed by atoms with Crippen molar-refractivity contribution in [1.29, 1.82) is 0 Å². The zero-order valence-electron chi connectivity index (χ0n) is 15.6. The van der Waals surface area contributed by atoms with Crippen LogP contribution in [0.2, 0.25) is 0 Å². The average Bonchev–Trinajstić information content (AvgIpc) is 2.80. The summed E-state index contributed by atoms with van der Waals surface area (Å²) in [5, 5.41) is 3.38. The summed E-state index contributed by atoms with van der Waals surface area (Å²) in [6, 6.07) is 38.9. The second kappa shape index (κ2) is 8.19. The van der Waals surface area contributed by atoms with Crippen LogP contribution in [0.15, 0.2) is 121 Å². The van der Waals surface area contributed by atoms with Crippen LogP contribution in [-0.2, 0) is 3.62 Å². The monoisotopic (exact) mass is 466 g/mol. The molecule has 0 amide bonds. The summed E-state index contributed by atoms with van der Waals surface area (Å²) in [6.07, 6.45) is 0. The Bertz CT molecular complexity index is 889. The van der Waals surface area contributed by atoms with Crippen molar-refractivity contribution in [3.63, 3.8) is 0 Å². The molecule has 0 aromatic heterocycles. The van der Waals surface area contributed by atoms with Gasteiger partial charge in [0.15, 0.2) is 0 Å². The molecule has 29 heavy (non-hydrogen) atoms. The van der Waals surface area contributed by atoms with Crippen molar-refractivity contribution >= 4 is 28.0 Å². The van der Waals surface area contributed by atoms with E-state index in [1.165, 1.54) is 0 Å². The molecule has 0 heterocycles. The Balaban J connectivity index is 2.29. The van der Waals surface area contributed by atoms with Gasteiger partial charge in [0.05, 0.1) is 0 Å². The van der Waals surface area contributed by atoms with Gasteiger partial charge in [-0.15, -0.1) is 0 Å². The van der Waals surface area contributed by atoms with Crippen LogP contribution in [0.3, 0.4) is 0 Å². The van der Waals surface area contributed by atoms with E-state index in [0.717, 1.165) is 21.2 Å². The van der Waals surface area contributed by atoms with Crippen molar-refractivity contribution in [3.8, 4) is 0 Å². The normalized spacial score (nSPS) is 13.0. The Morgan fingerprint density at radius 1 is 0.448 bits per heavy atom. The summed E-state index contributed by atoms with van der Waals surface area (Å²) in [4.78, 5) is 0. The van der Waals surface area contributed by atoms with E-state index >= 15 is 0 Å². The van der Waals surface area contributed by atoms with Gasteiger partial charge in [0.25, 0.3) is 0 Å². The van der Waals surface area contributed by atoms with Crippen molar-refractivity contribution in [2.45, 2.75) is 0 Å². The van der Waals surface area contributed by atoms with E-state index in [-0.39, 0.29) is 0 Å². The fourth-order valence-electron chi connectivity index (χ4n) is 4.02. The maximum atomic E-state index is 12.4. The molecule has 0 spiro atoms. The molecule has 4 aromatic rings. The number of halogens is 1. The molecule has 5 heteroatoms. The SMILES string of the molecule is [O-][Br+2]([O-])OP(c1ccccc1)(c1ccccc1)(c1ccccc1)c1ccccc1. The summed E-state index contributed by atoms with van der Waals surface area (Å²) in [7, 11) is 0. The van der Waals surface area contributed by atoms with Gasteiger partial charge in [-0.3, -0.25) is 0 Å². The van der Waals surface area contributed by atoms with E-state index in [4.69, 9.17) is 3.62 Å². The van der Waals surface area contributed by atoms with Gasteiger partial charge in [0.2, 0.25) is 0 Å². The first-order valence-corrected chi connectivity index (χ1v) is 13.3. The first-order chi connectivity index (χ1) is 14.2. The third kappa shape index (κ3) is 3.14. The van der Waals surface area contributed by atoms with Crippen molar-refractivity contribution in [2.75, 3.05) is 0 Å². The Morgan fingerprint density at radius 2 is 0.690 bits per heavy atom. The topological polar surface area (TPSA) is 55.3 Å². The summed E-state index contributed by atoms with van der Waals surface area (Å²) in [5.41, 5.74) is 0. The van der Waals surface area contributed by atoms with Crippen molar-refractivity contribution in [3.05, 3.63) is 121 Å². The van der Waals surface area contributed by atoms with Crippen LogP contribution < -0.4 is 29.6 Å². The van der Waals surface area contributed by atoms with Crippen LogP contribution in [0.4, 0.5) is 0 Å². The quantitative estimate of drug-likeness (QED) is 0.407. The van der Waals surface area contributed by atoms with E-state index < -0.39 is 21.6 Å². The standard InChI is InChI=1S/C24H20BrO3P/c26-25(27)28-29(21-13-5-1-6-14-21,22-15-7-2-8-16-22,23-17-9-3-10-18-23)24-19-11-4-12-20-24/h1-20H. The summed E-state index contributed by atoms with van der Waals surface area (Å²) < 4.78 is 31.1. The summed E-state index contributed by atoms with van der Waals surface area (Å²) >= 11 is -3.60. The molecule has 4 rings (SSSR count). The van der Waals surface area contributed by atoms with Crippen molar-refractivity contribution < 1.29 is 26.8 Å². The fraction of sp³-hybridized carbons (Fsp3) is 0. The second-order valence-corrected chi connectivity index (χ2v) is 12.6. The van der Waals surface area contributed by atoms with Crippen molar-refractivity contribution in [1.82, 2.24) is 0 Å². The molecule has 0 saturated carbocycles. The van der Waals surface area contributed by atoms with Gasteiger partial charge >= 0.3 is 176 Å². The van der Waals surface area contributed by atoms with E-state index in [1.807, 2.05) is 121 Å². The molecule has 0 aliphatic heterocycles. The van der Waals surface area contributed by atoms with Crippen LogP contribution in [0.1, 0.15) is 0 Å². The number of hydrogen-bond donors (Lipinski definition) is 0. The van der Waals surface area contributed by atoms with Gasteiger partial charge < -0.3 is 0 Å². The van der Waals surface area contributed by atoms with E-state index in [2.05, 4.69) is 0 Å². The van der Waals surface area contributed by atoms with Crippen LogP contribution in [-0.4, -0.2) is 0 Å².